The fourth-order valence-corrected chi connectivity index (χ4v) is 2.39. The van der Waals surface area contributed by atoms with Crippen LogP contribution in [0, 0.1) is 11.6 Å². The second-order valence-electron chi connectivity index (χ2n) is 5.43. The summed E-state index contributed by atoms with van der Waals surface area (Å²) in [5, 5.41) is 2.72. The fraction of sp³-hybridized carbons (Fsp3) is 0.316. The smallest absolute Gasteiger partial charge is 0.251 e. The van der Waals surface area contributed by atoms with Crippen LogP contribution in [0.4, 0.5) is 8.78 Å². The summed E-state index contributed by atoms with van der Waals surface area (Å²) in [6.45, 7) is 6.51. The van der Waals surface area contributed by atoms with Crippen molar-refractivity contribution in [1.29, 1.82) is 0 Å². The molecule has 1 N–H and O–H groups in total. The van der Waals surface area contributed by atoms with Crippen LogP contribution >= 0.6 is 0 Å². The zero-order chi connectivity index (χ0) is 18.4. The van der Waals surface area contributed by atoms with Gasteiger partial charge in [0.15, 0.2) is 11.5 Å². The number of halogens is 2. The van der Waals surface area contributed by atoms with Crippen molar-refractivity contribution in [1.82, 2.24) is 5.32 Å². The summed E-state index contributed by atoms with van der Waals surface area (Å²) in [7, 11) is 0. The molecule has 0 unspecified atom stereocenters. The molecule has 0 aromatic heterocycles. The second-order valence-corrected chi connectivity index (χ2v) is 5.43. The zero-order valence-corrected chi connectivity index (χ0v) is 14.4. The van der Waals surface area contributed by atoms with Gasteiger partial charge in [-0.3, -0.25) is 4.79 Å². The maximum Gasteiger partial charge on any atom is 0.251 e. The lowest BCUT2D eigenvalue weighted by atomic mass is 10.1. The van der Waals surface area contributed by atoms with Gasteiger partial charge < -0.3 is 14.8 Å². The van der Waals surface area contributed by atoms with E-state index in [9.17, 15) is 13.6 Å². The van der Waals surface area contributed by atoms with Gasteiger partial charge in [-0.25, -0.2) is 8.78 Å². The third kappa shape index (κ3) is 4.92. The molecule has 0 aliphatic carbocycles. The highest BCUT2D eigenvalue weighted by Crippen LogP contribution is 2.30. The van der Waals surface area contributed by atoms with Gasteiger partial charge in [0.2, 0.25) is 0 Å². The van der Waals surface area contributed by atoms with Gasteiger partial charge in [-0.1, -0.05) is 6.07 Å². The molecule has 2 aromatic carbocycles. The standard InChI is InChI=1S/C19H21F2NO3/c1-4-24-17-7-6-13(10-18(17)25-5-2)12(3)22-19(23)14-8-15(20)11-16(21)9-14/h6-12H,4-5H2,1-3H3,(H,22,23)/t12-/m1/s1. The summed E-state index contributed by atoms with van der Waals surface area (Å²) in [6, 6.07) is 7.70. The molecule has 1 amide bonds. The SMILES string of the molecule is CCOc1ccc([C@@H](C)NC(=O)c2cc(F)cc(F)c2)cc1OCC. The number of hydrogen-bond donors (Lipinski definition) is 1. The Balaban J connectivity index is 2.17. The van der Waals surface area contributed by atoms with E-state index >= 15 is 0 Å². The van der Waals surface area contributed by atoms with Crippen molar-refractivity contribution in [2.24, 2.45) is 0 Å². The Morgan fingerprint density at radius 3 is 2.20 bits per heavy atom. The summed E-state index contributed by atoms with van der Waals surface area (Å²) in [4.78, 5) is 12.2. The van der Waals surface area contributed by atoms with E-state index in [1.807, 2.05) is 19.9 Å². The van der Waals surface area contributed by atoms with Crippen LogP contribution in [-0.2, 0) is 0 Å². The van der Waals surface area contributed by atoms with Gasteiger partial charge in [0.05, 0.1) is 19.3 Å². The summed E-state index contributed by atoms with van der Waals surface area (Å²) in [5.41, 5.74) is 0.720. The highest BCUT2D eigenvalue weighted by atomic mass is 19.1. The quantitative estimate of drug-likeness (QED) is 0.813. The summed E-state index contributed by atoms with van der Waals surface area (Å²) >= 11 is 0. The molecule has 0 radical (unpaired) electrons. The van der Waals surface area contributed by atoms with Crippen LogP contribution in [0.1, 0.15) is 42.7 Å². The van der Waals surface area contributed by atoms with E-state index in [4.69, 9.17) is 9.47 Å². The van der Waals surface area contributed by atoms with Gasteiger partial charge >= 0.3 is 0 Å². The van der Waals surface area contributed by atoms with Gasteiger partial charge in [-0.2, -0.15) is 0 Å². The van der Waals surface area contributed by atoms with Gasteiger partial charge in [-0.15, -0.1) is 0 Å². The van der Waals surface area contributed by atoms with E-state index in [1.54, 1.807) is 19.1 Å². The van der Waals surface area contributed by atoms with Crippen molar-refractivity contribution in [2.75, 3.05) is 13.2 Å². The minimum atomic E-state index is -0.794. The average molecular weight is 349 g/mol. The molecule has 4 nitrogen and oxygen atoms in total. The molecule has 0 aliphatic rings. The average Bonchev–Trinajstić information content (AvgIpc) is 2.55. The molecule has 6 heteroatoms. The molecule has 0 heterocycles. The van der Waals surface area contributed by atoms with Crippen LogP contribution in [0.3, 0.4) is 0 Å². The number of ether oxygens (including phenoxy) is 2. The van der Waals surface area contributed by atoms with Gasteiger partial charge in [0, 0.05) is 11.6 Å². The number of amides is 1. The van der Waals surface area contributed by atoms with E-state index < -0.39 is 17.5 Å². The van der Waals surface area contributed by atoms with E-state index in [1.165, 1.54) is 0 Å². The highest BCUT2D eigenvalue weighted by molar-refractivity contribution is 5.94. The Labute approximate surface area is 145 Å². The van der Waals surface area contributed by atoms with Crippen molar-refractivity contribution < 1.29 is 23.0 Å². The Hall–Kier alpha value is -2.63. The Morgan fingerprint density at radius 1 is 1.00 bits per heavy atom. The Bertz CT molecular complexity index is 729. The van der Waals surface area contributed by atoms with Crippen LogP contribution in [0.25, 0.3) is 0 Å². The number of carbonyl (C=O) groups is 1. The highest BCUT2D eigenvalue weighted by Gasteiger charge is 2.15. The van der Waals surface area contributed by atoms with Crippen LogP contribution in [-0.4, -0.2) is 19.1 Å². The molecule has 2 aromatic rings. The molecule has 2 rings (SSSR count). The molecule has 0 saturated heterocycles. The zero-order valence-electron chi connectivity index (χ0n) is 14.4. The molecule has 0 saturated carbocycles. The molecular weight excluding hydrogens is 328 g/mol. The number of hydrogen-bond acceptors (Lipinski definition) is 3. The predicted molar refractivity (Wildman–Crippen MR) is 91.0 cm³/mol. The largest absolute Gasteiger partial charge is 0.490 e. The normalized spacial score (nSPS) is 11.7. The van der Waals surface area contributed by atoms with E-state index in [2.05, 4.69) is 5.32 Å². The number of rotatable bonds is 7. The van der Waals surface area contributed by atoms with Crippen molar-refractivity contribution in [3.8, 4) is 11.5 Å². The predicted octanol–water partition coefficient (Wildman–Crippen LogP) is 4.25. The van der Waals surface area contributed by atoms with Crippen LogP contribution in [0.5, 0.6) is 11.5 Å². The first kappa shape index (κ1) is 18.7. The number of carbonyl (C=O) groups excluding carboxylic acids is 1. The minimum absolute atomic E-state index is 0.0691. The van der Waals surface area contributed by atoms with Crippen LogP contribution in [0.15, 0.2) is 36.4 Å². The molecule has 1 atom stereocenters. The second kappa shape index (κ2) is 8.46. The van der Waals surface area contributed by atoms with Crippen LogP contribution in [0.2, 0.25) is 0 Å². The number of benzene rings is 2. The molecule has 134 valence electrons. The Morgan fingerprint density at radius 2 is 1.60 bits per heavy atom. The molecule has 0 spiro atoms. The number of nitrogens with one attached hydrogen (secondary N) is 1. The minimum Gasteiger partial charge on any atom is -0.490 e. The van der Waals surface area contributed by atoms with Crippen molar-refractivity contribution >= 4 is 5.91 Å². The first-order valence-electron chi connectivity index (χ1n) is 8.11. The summed E-state index contributed by atoms with van der Waals surface area (Å²) in [6.07, 6.45) is 0. The van der Waals surface area contributed by atoms with E-state index in [0.717, 1.165) is 23.8 Å². The van der Waals surface area contributed by atoms with Crippen LogP contribution < -0.4 is 14.8 Å². The molecule has 0 aliphatic heterocycles. The lowest BCUT2D eigenvalue weighted by molar-refractivity contribution is 0.0939. The lowest BCUT2D eigenvalue weighted by Crippen LogP contribution is -2.26. The van der Waals surface area contributed by atoms with E-state index in [-0.39, 0.29) is 11.6 Å². The summed E-state index contributed by atoms with van der Waals surface area (Å²) in [5.74, 6) is -0.939. The van der Waals surface area contributed by atoms with Crippen molar-refractivity contribution in [2.45, 2.75) is 26.8 Å². The monoisotopic (exact) mass is 349 g/mol. The van der Waals surface area contributed by atoms with Crippen molar-refractivity contribution in [3.05, 3.63) is 59.2 Å². The Kier molecular flexibility index (Phi) is 6.33. The first-order chi connectivity index (χ1) is 11.9. The maximum atomic E-state index is 13.3. The maximum absolute atomic E-state index is 13.3. The van der Waals surface area contributed by atoms with E-state index in [0.29, 0.717) is 24.7 Å². The van der Waals surface area contributed by atoms with Gasteiger partial charge in [-0.05, 0) is 50.6 Å². The van der Waals surface area contributed by atoms with Crippen molar-refractivity contribution in [3.63, 3.8) is 0 Å². The third-order valence-corrected chi connectivity index (χ3v) is 3.54. The third-order valence-electron chi connectivity index (χ3n) is 3.54. The molecular formula is C19H21F2NO3. The topological polar surface area (TPSA) is 47.6 Å². The molecule has 0 fully saturated rings. The summed E-state index contributed by atoms with van der Waals surface area (Å²) < 4.78 is 37.6. The lowest BCUT2D eigenvalue weighted by Gasteiger charge is -2.17. The molecule has 0 bridgehead atoms. The van der Waals surface area contributed by atoms with Gasteiger partial charge in [0.1, 0.15) is 11.6 Å². The molecule has 25 heavy (non-hydrogen) atoms. The fourth-order valence-electron chi connectivity index (χ4n) is 2.39. The first-order valence-corrected chi connectivity index (χ1v) is 8.11. The van der Waals surface area contributed by atoms with Gasteiger partial charge in [0.25, 0.3) is 5.91 Å².